The van der Waals surface area contributed by atoms with Crippen LogP contribution in [0.15, 0.2) is 18.2 Å². The molecule has 0 aliphatic carbocycles. The van der Waals surface area contributed by atoms with Crippen molar-refractivity contribution in [3.8, 4) is 0 Å². The monoisotopic (exact) mass is 255 g/mol. The Bertz CT molecular complexity index is 507. The summed E-state index contributed by atoms with van der Waals surface area (Å²) in [6.07, 6.45) is 0.100. The molecule has 0 radical (unpaired) electrons. The van der Waals surface area contributed by atoms with Gasteiger partial charge in [0.15, 0.2) is 0 Å². The van der Waals surface area contributed by atoms with Crippen LogP contribution in [0.25, 0.3) is 0 Å². The standard InChI is InChI=1S/C11H11F2N3S/c1-6-11(17-16-15-6)10(14)5-7-8(12)3-2-4-9(7)13/h2-4,10H,5,14H2,1H3. The minimum absolute atomic E-state index is 0.00722. The summed E-state index contributed by atoms with van der Waals surface area (Å²) in [5.74, 6) is -1.15. The number of halogens is 2. The van der Waals surface area contributed by atoms with Crippen LogP contribution in [0.4, 0.5) is 8.78 Å². The number of hydrogen-bond donors (Lipinski definition) is 1. The van der Waals surface area contributed by atoms with E-state index in [4.69, 9.17) is 5.73 Å². The minimum atomic E-state index is -0.574. The lowest BCUT2D eigenvalue weighted by Crippen LogP contribution is -2.15. The van der Waals surface area contributed by atoms with Crippen LogP contribution in [0.1, 0.15) is 22.2 Å². The maximum atomic E-state index is 13.4. The minimum Gasteiger partial charge on any atom is -0.323 e. The van der Waals surface area contributed by atoms with Crippen LogP contribution in [-0.4, -0.2) is 9.59 Å². The Hall–Kier alpha value is -1.40. The topological polar surface area (TPSA) is 51.8 Å². The van der Waals surface area contributed by atoms with E-state index in [9.17, 15) is 8.78 Å². The third kappa shape index (κ3) is 2.48. The lowest BCUT2D eigenvalue weighted by molar-refractivity contribution is 0.540. The molecule has 2 N–H and O–H groups in total. The van der Waals surface area contributed by atoms with Crippen LogP contribution in [0.3, 0.4) is 0 Å². The van der Waals surface area contributed by atoms with Gasteiger partial charge >= 0.3 is 0 Å². The highest BCUT2D eigenvalue weighted by atomic mass is 32.1. The van der Waals surface area contributed by atoms with Crippen LogP contribution in [0.5, 0.6) is 0 Å². The summed E-state index contributed by atoms with van der Waals surface area (Å²) in [6, 6.07) is 3.30. The van der Waals surface area contributed by atoms with Crippen molar-refractivity contribution in [3.63, 3.8) is 0 Å². The zero-order valence-electron chi connectivity index (χ0n) is 9.15. The molecular formula is C11H11F2N3S. The van der Waals surface area contributed by atoms with Crippen molar-refractivity contribution in [2.24, 2.45) is 5.73 Å². The highest BCUT2D eigenvalue weighted by Gasteiger charge is 2.17. The fourth-order valence-corrected chi connectivity index (χ4v) is 2.26. The van der Waals surface area contributed by atoms with Crippen molar-refractivity contribution in [2.45, 2.75) is 19.4 Å². The first-order chi connectivity index (χ1) is 8.09. The van der Waals surface area contributed by atoms with Crippen molar-refractivity contribution >= 4 is 11.5 Å². The Morgan fingerprint density at radius 1 is 1.35 bits per heavy atom. The first-order valence-corrected chi connectivity index (χ1v) is 5.84. The van der Waals surface area contributed by atoms with Gasteiger partial charge in [0.1, 0.15) is 11.6 Å². The Balaban J connectivity index is 2.25. The SMILES string of the molecule is Cc1nnsc1C(N)Cc1c(F)cccc1F. The molecule has 6 heteroatoms. The van der Waals surface area contributed by atoms with E-state index in [1.165, 1.54) is 18.2 Å². The molecule has 1 heterocycles. The van der Waals surface area contributed by atoms with Gasteiger partial charge in [0.25, 0.3) is 0 Å². The molecule has 2 rings (SSSR count). The summed E-state index contributed by atoms with van der Waals surface area (Å²) in [5.41, 5.74) is 6.62. The van der Waals surface area contributed by atoms with Gasteiger partial charge in [-0.2, -0.15) is 0 Å². The molecular weight excluding hydrogens is 244 g/mol. The van der Waals surface area contributed by atoms with Crippen molar-refractivity contribution in [3.05, 3.63) is 46.0 Å². The molecule has 17 heavy (non-hydrogen) atoms. The molecule has 0 aliphatic rings. The number of benzene rings is 1. The van der Waals surface area contributed by atoms with Crippen LogP contribution < -0.4 is 5.73 Å². The third-order valence-corrected chi connectivity index (χ3v) is 3.47. The molecule has 3 nitrogen and oxygen atoms in total. The summed E-state index contributed by atoms with van der Waals surface area (Å²) in [4.78, 5) is 0.757. The first-order valence-electron chi connectivity index (χ1n) is 5.07. The van der Waals surface area contributed by atoms with E-state index in [1.54, 1.807) is 6.92 Å². The average molecular weight is 255 g/mol. The Labute approximate surface area is 101 Å². The van der Waals surface area contributed by atoms with Crippen molar-refractivity contribution in [1.29, 1.82) is 0 Å². The normalized spacial score (nSPS) is 12.7. The van der Waals surface area contributed by atoms with E-state index < -0.39 is 17.7 Å². The smallest absolute Gasteiger partial charge is 0.129 e. The number of aromatic nitrogens is 2. The second-order valence-corrected chi connectivity index (χ2v) is 4.52. The van der Waals surface area contributed by atoms with Gasteiger partial charge in [-0.25, -0.2) is 8.78 Å². The van der Waals surface area contributed by atoms with E-state index >= 15 is 0 Å². The van der Waals surface area contributed by atoms with Crippen molar-refractivity contribution in [1.82, 2.24) is 9.59 Å². The second kappa shape index (κ2) is 4.85. The molecule has 1 aromatic carbocycles. The molecule has 1 unspecified atom stereocenters. The number of nitrogens with zero attached hydrogens (tertiary/aromatic N) is 2. The van der Waals surface area contributed by atoms with E-state index in [2.05, 4.69) is 9.59 Å². The third-order valence-electron chi connectivity index (χ3n) is 2.51. The fraction of sp³-hybridized carbons (Fsp3) is 0.273. The number of hydrogen-bond acceptors (Lipinski definition) is 4. The Kier molecular flexibility index (Phi) is 3.44. The Morgan fingerprint density at radius 3 is 2.53 bits per heavy atom. The van der Waals surface area contributed by atoms with E-state index in [0.29, 0.717) is 5.69 Å². The molecule has 0 saturated carbocycles. The first kappa shape index (κ1) is 12.1. The van der Waals surface area contributed by atoms with Gasteiger partial charge in [-0.3, -0.25) is 0 Å². The van der Waals surface area contributed by atoms with Crippen LogP contribution in [0, 0.1) is 18.6 Å². The lowest BCUT2D eigenvalue weighted by atomic mass is 10.0. The quantitative estimate of drug-likeness (QED) is 0.916. The van der Waals surface area contributed by atoms with Gasteiger partial charge in [0.2, 0.25) is 0 Å². The Morgan fingerprint density at radius 2 is 2.00 bits per heavy atom. The summed E-state index contributed by atoms with van der Waals surface area (Å²) >= 11 is 1.16. The van der Waals surface area contributed by atoms with Gasteiger partial charge in [-0.15, -0.1) is 5.10 Å². The molecule has 0 saturated heterocycles. The summed E-state index contributed by atoms with van der Waals surface area (Å²) in [7, 11) is 0. The summed E-state index contributed by atoms with van der Waals surface area (Å²) < 4.78 is 30.6. The van der Waals surface area contributed by atoms with E-state index in [0.717, 1.165) is 16.4 Å². The molecule has 1 aromatic heterocycles. The van der Waals surface area contributed by atoms with Gasteiger partial charge in [-0.1, -0.05) is 10.6 Å². The van der Waals surface area contributed by atoms with Gasteiger partial charge < -0.3 is 5.73 Å². The predicted molar refractivity (Wildman–Crippen MR) is 61.6 cm³/mol. The maximum Gasteiger partial charge on any atom is 0.129 e. The van der Waals surface area contributed by atoms with Gasteiger partial charge in [0.05, 0.1) is 10.6 Å². The molecule has 0 bridgehead atoms. The molecule has 0 fully saturated rings. The van der Waals surface area contributed by atoms with Crippen LogP contribution >= 0.6 is 11.5 Å². The van der Waals surface area contributed by atoms with Gasteiger partial charge in [-0.05, 0) is 37.0 Å². The highest BCUT2D eigenvalue weighted by molar-refractivity contribution is 7.05. The lowest BCUT2D eigenvalue weighted by Gasteiger charge is -2.11. The molecule has 0 aliphatic heterocycles. The molecule has 1 atom stereocenters. The maximum absolute atomic E-state index is 13.4. The largest absolute Gasteiger partial charge is 0.323 e. The summed E-state index contributed by atoms with van der Waals surface area (Å²) in [5, 5.41) is 3.83. The highest BCUT2D eigenvalue weighted by Crippen LogP contribution is 2.23. The van der Waals surface area contributed by atoms with Gasteiger partial charge in [0, 0.05) is 11.6 Å². The second-order valence-electron chi connectivity index (χ2n) is 3.73. The molecule has 0 spiro atoms. The number of nitrogens with two attached hydrogens (primary N) is 1. The molecule has 90 valence electrons. The average Bonchev–Trinajstić information content (AvgIpc) is 2.70. The van der Waals surface area contributed by atoms with E-state index in [-0.39, 0.29) is 12.0 Å². The van der Waals surface area contributed by atoms with Crippen LogP contribution in [0.2, 0.25) is 0 Å². The molecule has 2 aromatic rings. The fourth-order valence-electron chi connectivity index (χ4n) is 1.62. The van der Waals surface area contributed by atoms with Crippen molar-refractivity contribution < 1.29 is 8.78 Å². The predicted octanol–water partition coefficient (Wildman–Crippen LogP) is 2.37. The number of aryl methyl sites for hydroxylation is 1. The summed E-state index contributed by atoms with van der Waals surface area (Å²) in [6.45, 7) is 1.77. The molecule has 0 amide bonds. The van der Waals surface area contributed by atoms with Crippen LogP contribution in [-0.2, 0) is 6.42 Å². The van der Waals surface area contributed by atoms with Crippen molar-refractivity contribution in [2.75, 3.05) is 0 Å². The van der Waals surface area contributed by atoms with E-state index in [1.807, 2.05) is 0 Å². The zero-order valence-corrected chi connectivity index (χ0v) is 9.97. The zero-order chi connectivity index (χ0) is 12.4. The number of rotatable bonds is 3.